The van der Waals surface area contributed by atoms with Gasteiger partial charge in [0, 0.05) is 23.7 Å². The molecular formula is C18H20BrN3O4S. The minimum atomic E-state index is -0.688. The van der Waals surface area contributed by atoms with E-state index in [1.54, 1.807) is 30.4 Å². The number of nitrogens with zero attached hydrogens (tertiary/aromatic N) is 1. The second-order valence-corrected chi connectivity index (χ2v) is 8.59. The summed E-state index contributed by atoms with van der Waals surface area (Å²) in [4.78, 5) is 28.0. The molecule has 1 aliphatic rings. The number of thiophene rings is 1. The molecule has 3 rings (SSSR count). The SMILES string of the molecule is CCOC(=O)C1=C(CN(C)Cc2ccc(Br)s2)NC(=O)N[C@H]1c1ccco1. The summed E-state index contributed by atoms with van der Waals surface area (Å²) in [6, 6.07) is 6.40. The Hall–Kier alpha value is -2.10. The monoisotopic (exact) mass is 453 g/mol. The molecule has 3 heterocycles. The van der Waals surface area contributed by atoms with Gasteiger partial charge in [0.2, 0.25) is 0 Å². The minimum absolute atomic E-state index is 0.244. The number of nitrogens with one attached hydrogen (secondary N) is 2. The predicted molar refractivity (Wildman–Crippen MR) is 105 cm³/mol. The third kappa shape index (κ3) is 4.79. The third-order valence-corrected chi connectivity index (χ3v) is 5.57. The fourth-order valence-electron chi connectivity index (χ4n) is 2.89. The Morgan fingerprint density at radius 3 is 2.81 bits per heavy atom. The van der Waals surface area contributed by atoms with Gasteiger partial charge in [0.1, 0.15) is 11.8 Å². The molecule has 0 fully saturated rings. The molecule has 0 spiro atoms. The van der Waals surface area contributed by atoms with Crippen LogP contribution in [0.5, 0.6) is 0 Å². The lowest BCUT2D eigenvalue weighted by Crippen LogP contribution is -2.48. The van der Waals surface area contributed by atoms with Crippen molar-refractivity contribution in [3.8, 4) is 0 Å². The predicted octanol–water partition coefficient (Wildman–Crippen LogP) is 3.41. The molecule has 1 atom stereocenters. The number of hydrogen-bond acceptors (Lipinski definition) is 6. The van der Waals surface area contributed by atoms with Gasteiger partial charge in [0.15, 0.2) is 0 Å². The molecule has 2 aromatic heterocycles. The van der Waals surface area contributed by atoms with Gasteiger partial charge in [-0.1, -0.05) is 0 Å². The Morgan fingerprint density at radius 2 is 2.19 bits per heavy atom. The van der Waals surface area contributed by atoms with Crippen LogP contribution in [-0.2, 0) is 16.1 Å². The number of furan rings is 1. The second-order valence-electron chi connectivity index (χ2n) is 6.04. The highest BCUT2D eigenvalue weighted by molar-refractivity contribution is 9.11. The van der Waals surface area contributed by atoms with Crippen molar-refractivity contribution in [3.63, 3.8) is 0 Å². The highest BCUT2D eigenvalue weighted by Crippen LogP contribution is 2.29. The largest absolute Gasteiger partial charge is 0.467 e. The zero-order valence-corrected chi connectivity index (χ0v) is 17.4. The molecule has 0 radical (unpaired) electrons. The number of carbonyl (C=O) groups is 2. The molecule has 2 amide bonds. The van der Waals surface area contributed by atoms with Gasteiger partial charge in [-0.2, -0.15) is 0 Å². The number of amides is 2. The molecule has 0 saturated carbocycles. The fraction of sp³-hybridized carbons (Fsp3) is 0.333. The van der Waals surface area contributed by atoms with Crippen LogP contribution in [0.4, 0.5) is 4.79 Å². The van der Waals surface area contributed by atoms with E-state index in [4.69, 9.17) is 9.15 Å². The standard InChI is InChI=1S/C18H20BrN3O4S/c1-3-25-17(23)15-12(10-22(2)9-11-6-7-14(19)27-11)20-18(24)21-16(15)13-5-4-8-26-13/h4-8,16H,3,9-10H2,1-2H3,(H2,20,21,24)/t16-/m0/s1. The first-order chi connectivity index (χ1) is 13.0. The van der Waals surface area contributed by atoms with Crippen LogP contribution in [0.3, 0.4) is 0 Å². The van der Waals surface area contributed by atoms with E-state index in [-0.39, 0.29) is 12.6 Å². The van der Waals surface area contributed by atoms with E-state index in [2.05, 4.69) is 26.6 Å². The van der Waals surface area contributed by atoms with Crippen LogP contribution in [0, 0.1) is 0 Å². The molecule has 144 valence electrons. The van der Waals surface area contributed by atoms with E-state index in [1.165, 1.54) is 11.1 Å². The lowest BCUT2D eigenvalue weighted by Gasteiger charge is -2.29. The molecule has 2 N–H and O–H groups in total. The highest BCUT2D eigenvalue weighted by atomic mass is 79.9. The number of hydrogen-bond donors (Lipinski definition) is 2. The van der Waals surface area contributed by atoms with Crippen LogP contribution in [-0.4, -0.2) is 37.1 Å². The van der Waals surface area contributed by atoms with Crippen LogP contribution in [0.2, 0.25) is 0 Å². The van der Waals surface area contributed by atoms with E-state index in [1.807, 2.05) is 24.1 Å². The van der Waals surface area contributed by atoms with Crippen LogP contribution in [0.25, 0.3) is 0 Å². The summed E-state index contributed by atoms with van der Waals surface area (Å²) in [6.07, 6.45) is 1.51. The maximum absolute atomic E-state index is 12.6. The van der Waals surface area contributed by atoms with Crippen LogP contribution >= 0.6 is 27.3 Å². The van der Waals surface area contributed by atoms with Gasteiger partial charge in [-0.05, 0) is 54.2 Å². The van der Waals surface area contributed by atoms with Crippen LogP contribution in [0.15, 0.2) is 50.0 Å². The topological polar surface area (TPSA) is 83.8 Å². The average Bonchev–Trinajstić information content (AvgIpc) is 3.26. The van der Waals surface area contributed by atoms with Crippen LogP contribution < -0.4 is 10.6 Å². The molecule has 0 saturated heterocycles. The van der Waals surface area contributed by atoms with Gasteiger partial charge < -0.3 is 19.8 Å². The first-order valence-electron chi connectivity index (χ1n) is 8.41. The zero-order valence-electron chi connectivity index (χ0n) is 15.0. The van der Waals surface area contributed by atoms with Crippen molar-refractivity contribution in [3.05, 3.63) is 56.2 Å². The summed E-state index contributed by atoms with van der Waals surface area (Å²) in [6.45, 7) is 3.06. The lowest BCUT2D eigenvalue weighted by atomic mass is 10.00. The van der Waals surface area contributed by atoms with Crippen molar-refractivity contribution in [2.75, 3.05) is 20.2 Å². The van der Waals surface area contributed by atoms with E-state index in [0.29, 0.717) is 30.1 Å². The number of urea groups is 1. The van der Waals surface area contributed by atoms with Crippen molar-refractivity contribution in [1.29, 1.82) is 0 Å². The maximum atomic E-state index is 12.6. The maximum Gasteiger partial charge on any atom is 0.338 e. The molecule has 0 unspecified atom stereocenters. The Bertz CT molecular complexity index is 847. The van der Waals surface area contributed by atoms with Gasteiger partial charge in [0.25, 0.3) is 0 Å². The molecule has 0 bridgehead atoms. The highest BCUT2D eigenvalue weighted by Gasteiger charge is 2.35. The number of halogens is 1. The van der Waals surface area contributed by atoms with E-state index in [9.17, 15) is 9.59 Å². The smallest absolute Gasteiger partial charge is 0.338 e. The number of rotatable bonds is 7. The third-order valence-electron chi connectivity index (χ3n) is 3.96. The molecule has 9 heteroatoms. The normalized spacial score (nSPS) is 17.0. The summed E-state index contributed by atoms with van der Waals surface area (Å²) in [7, 11) is 1.93. The summed E-state index contributed by atoms with van der Waals surface area (Å²) in [5.41, 5.74) is 0.863. The number of ether oxygens (including phenoxy) is 1. The lowest BCUT2D eigenvalue weighted by molar-refractivity contribution is -0.139. The number of esters is 1. The van der Waals surface area contributed by atoms with Gasteiger partial charge in [-0.25, -0.2) is 9.59 Å². The number of likely N-dealkylation sites (N-methyl/N-ethyl adjacent to an activating group) is 1. The van der Waals surface area contributed by atoms with Crippen molar-refractivity contribution in [2.24, 2.45) is 0 Å². The minimum Gasteiger partial charge on any atom is -0.467 e. The quantitative estimate of drug-likeness (QED) is 0.627. The Kier molecular flexibility index (Phi) is 6.35. The van der Waals surface area contributed by atoms with Gasteiger partial charge >= 0.3 is 12.0 Å². The summed E-state index contributed by atoms with van der Waals surface area (Å²) >= 11 is 5.10. The number of carbonyl (C=O) groups excluding carboxylic acids is 2. The van der Waals surface area contributed by atoms with E-state index in [0.717, 1.165) is 3.79 Å². The Labute approximate surface area is 169 Å². The fourth-order valence-corrected chi connectivity index (χ4v) is 4.45. The van der Waals surface area contributed by atoms with Gasteiger partial charge in [-0.3, -0.25) is 4.90 Å². The second kappa shape index (κ2) is 8.73. The molecule has 27 heavy (non-hydrogen) atoms. The van der Waals surface area contributed by atoms with E-state index >= 15 is 0 Å². The van der Waals surface area contributed by atoms with Gasteiger partial charge in [0.05, 0.1) is 22.2 Å². The summed E-state index contributed by atoms with van der Waals surface area (Å²) in [5, 5.41) is 5.50. The van der Waals surface area contributed by atoms with E-state index < -0.39 is 12.0 Å². The molecule has 1 aliphatic heterocycles. The van der Waals surface area contributed by atoms with Crippen molar-refractivity contribution in [1.82, 2.24) is 15.5 Å². The Balaban J connectivity index is 1.89. The summed E-state index contributed by atoms with van der Waals surface area (Å²) in [5.74, 6) is 0.00362. The molecular weight excluding hydrogens is 434 g/mol. The van der Waals surface area contributed by atoms with Crippen LogP contribution in [0.1, 0.15) is 23.6 Å². The molecule has 7 nitrogen and oxygen atoms in total. The van der Waals surface area contributed by atoms with Crippen molar-refractivity contribution >= 4 is 39.3 Å². The van der Waals surface area contributed by atoms with Gasteiger partial charge in [-0.15, -0.1) is 11.3 Å². The van der Waals surface area contributed by atoms with Crippen molar-refractivity contribution < 1.29 is 18.7 Å². The zero-order chi connectivity index (χ0) is 19.4. The average molecular weight is 454 g/mol. The Morgan fingerprint density at radius 1 is 1.37 bits per heavy atom. The molecule has 0 aliphatic carbocycles. The summed E-state index contributed by atoms with van der Waals surface area (Å²) < 4.78 is 11.7. The first-order valence-corrected chi connectivity index (χ1v) is 10.0. The molecule has 0 aromatic carbocycles. The molecule has 2 aromatic rings. The first kappa shape index (κ1) is 19.7. The van der Waals surface area contributed by atoms with Crippen molar-refractivity contribution in [2.45, 2.75) is 19.5 Å².